The molecule has 0 radical (unpaired) electrons. The van der Waals surface area contributed by atoms with Gasteiger partial charge in [-0.15, -0.1) is 0 Å². The molecule has 0 atom stereocenters. The molecule has 0 saturated carbocycles. The van der Waals surface area contributed by atoms with Crippen molar-refractivity contribution in [1.29, 1.82) is 0 Å². The average Bonchev–Trinajstić information content (AvgIpc) is 2.52. The summed E-state index contributed by atoms with van der Waals surface area (Å²) in [6.07, 6.45) is 0. The summed E-state index contributed by atoms with van der Waals surface area (Å²) in [5, 5.41) is 0.663. The predicted molar refractivity (Wildman–Crippen MR) is 85.5 cm³/mol. The van der Waals surface area contributed by atoms with Gasteiger partial charge in [-0.3, -0.25) is 9.59 Å². The van der Waals surface area contributed by atoms with Crippen LogP contribution in [0.2, 0.25) is 0 Å². The van der Waals surface area contributed by atoms with Crippen LogP contribution in [-0.4, -0.2) is 18.4 Å². The van der Waals surface area contributed by atoms with Crippen LogP contribution < -0.4 is 0 Å². The number of ether oxygens (including phenoxy) is 1. The number of halogens is 1. The Morgan fingerprint density at radius 1 is 1.10 bits per heavy atom. The molecule has 2 aromatic carbocycles. The summed E-state index contributed by atoms with van der Waals surface area (Å²) in [5.41, 5.74) is 3.38. The molecule has 0 aliphatic heterocycles. The Morgan fingerprint density at radius 3 is 2.43 bits per heavy atom. The van der Waals surface area contributed by atoms with Crippen molar-refractivity contribution in [2.45, 2.75) is 12.3 Å². The van der Waals surface area contributed by atoms with Crippen LogP contribution in [0.25, 0.3) is 11.1 Å². The number of carbonyl (C=O) groups excluding carboxylic acids is 2. The van der Waals surface area contributed by atoms with E-state index in [-0.39, 0.29) is 12.4 Å². The molecule has 0 aliphatic carbocycles. The van der Waals surface area contributed by atoms with E-state index in [1.54, 1.807) is 0 Å². The van der Waals surface area contributed by atoms with Crippen LogP contribution >= 0.6 is 15.9 Å². The van der Waals surface area contributed by atoms with Gasteiger partial charge in [0.15, 0.2) is 6.61 Å². The van der Waals surface area contributed by atoms with E-state index in [4.69, 9.17) is 4.74 Å². The highest BCUT2D eigenvalue weighted by atomic mass is 79.9. The smallest absolute Gasteiger partial charge is 0.303 e. The Bertz CT molecular complexity index is 650. The third-order valence-electron chi connectivity index (χ3n) is 3.03. The lowest BCUT2D eigenvalue weighted by Crippen LogP contribution is -2.13. The van der Waals surface area contributed by atoms with Gasteiger partial charge in [0.25, 0.3) is 0 Å². The summed E-state index contributed by atoms with van der Waals surface area (Å²) in [7, 11) is 0. The van der Waals surface area contributed by atoms with Crippen LogP contribution in [0.15, 0.2) is 48.5 Å². The van der Waals surface area contributed by atoms with Gasteiger partial charge in [-0.1, -0.05) is 58.4 Å². The van der Waals surface area contributed by atoms with Crippen LogP contribution in [-0.2, 0) is 14.9 Å². The zero-order valence-corrected chi connectivity index (χ0v) is 13.2. The lowest BCUT2D eigenvalue weighted by atomic mass is 9.95. The molecule has 0 N–H and O–H groups in total. The molecule has 4 heteroatoms. The van der Waals surface area contributed by atoms with Gasteiger partial charge in [-0.2, -0.15) is 0 Å². The second-order valence-corrected chi connectivity index (χ2v) is 5.14. The van der Waals surface area contributed by atoms with Crippen LogP contribution in [0, 0.1) is 0 Å². The Labute approximate surface area is 132 Å². The molecule has 0 heterocycles. The zero-order valence-electron chi connectivity index (χ0n) is 11.6. The lowest BCUT2D eigenvalue weighted by molar-refractivity contribution is -0.139. The van der Waals surface area contributed by atoms with Crippen molar-refractivity contribution in [2.24, 2.45) is 0 Å². The van der Waals surface area contributed by atoms with Crippen molar-refractivity contribution in [3.63, 3.8) is 0 Å². The number of Topliss-reactive ketones (excluding diaryl/α,β-unsaturated/α-hetero) is 1. The molecule has 0 spiro atoms. The van der Waals surface area contributed by atoms with Crippen molar-refractivity contribution < 1.29 is 14.3 Å². The summed E-state index contributed by atoms with van der Waals surface area (Å²) < 4.78 is 4.82. The minimum atomic E-state index is -0.457. The van der Waals surface area contributed by atoms with E-state index in [1.807, 2.05) is 48.5 Å². The molecule has 2 rings (SSSR count). The van der Waals surface area contributed by atoms with Gasteiger partial charge < -0.3 is 4.74 Å². The van der Waals surface area contributed by atoms with Gasteiger partial charge in [-0.05, 0) is 22.8 Å². The first-order valence-electron chi connectivity index (χ1n) is 6.52. The van der Waals surface area contributed by atoms with Crippen molar-refractivity contribution in [3.05, 3.63) is 59.7 Å². The Kier molecular flexibility index (Phi) is 5.28. The molecule has 3 nitrogen and oxygen atoms in total. The predicted octanol–water partition coefficient (Wildman–Crippen LogP) is 3.99. The van der Waals surface area contributed by atoms with E-state index in [9.17, 15) is 9.59 Å². The first-order valence-corrected chi connectivity index (χ1v) is 7.65. The van der Waals surface area contributed by atoms with E-state index >= 15 is 0 Å². The number of alkyl halides is 1. The first-order chi connectivity index (χ1) is 10.1. The molecular weight excluding hydrogens is 332 g/mol. The van der Waals surface area contributed by atoms with Crippen LogP contribution in [0.3, 0.4) is 0 Å². The van der Waals surface area contributed by atoms with Gasteiger partial charge >= 0.3 is 5.97 Å². The highest BCUT2D eigenvalue weighted by molar-refractivity contribution is 9.08. The summed E-state index contributed by atoms with van der Waals surface area (Å²) in [5.74, 6) is -0.659. The number of ketones is 1. The number of rotatable bonds is 5. The second-order valence-electron chi connectivity index (χ2n) is 4.58. The molecule has 2 aromatic rings. The van der Waals surface area contributed by atoms with Gasteiger partial charge in [0.2, 0.25) is 5.78 Å². The van der Waals surface area contributed by atoms with E-state index in [0.29, 0.717) is 10.9 Å². The van der Waals surface area contributed by atoms with Gasteiger partial charge in [-0.25, -0.2) is 0 Å². The number of carbonyl (C=O) groups is 2. The van der Waals surface area contributed by atoms with Gasteiger partial charge in [0, 0.05) is 17.8 Å². The standard InChI is InChI=1S/C17H15BrO3/c1-12(19)21-11-17(20)16-9-13(10-18)7-8-15(16)14-5-3-2-4-6-14/h2-9H,10-11H2,1H3. The molecule has 0 amide bonds. The largest absolute Gasteiger partial charge is 0.457 e. The Hall–Kier alpha value is -1.94. The molecule has 0 saturated heterocycles. The summed E-state index contributed by atoms with van der Waals surface area (Å²) in [4.78, 5) is 23.2. The van der Waals surface area contributed by atoms with Crippen LogP contribution in [0.1, 0.15) is 22.8 Å². The molecule has 0 aliphatic rings. The molecule has 0 aromatic heterocycles. The number of esters is 1. The van der Waals surface area contributed by atoms with E-state index in [0.717, 1.165) is 16.7 Å². The molecule has 108 valence electrons. The number of benzene rings is 2. The summed E-state index contributed by atoms with van der Waals surface area (Å²) in [6, 6.07) is 15.4. The molecule has 0 unspecified atom stereocenters. The van der Waals surface area contributed by atoms with Crippen molar-refractivity contribution in [2.75, 3.05) is 6.61 Å². The fraction of sp³-hybridized carbons (Fsp3) is 0.176. The monoisotopic (exact) mass is 346 g/mol. The maximum absolute atomic E-state index is 12.3. The van der Waals surface area contributed by atoms with Crippen molar-refractivity contribution in [3.8, 4) is 11.1 Å². The van der Waals surface area contributed by atoms with E-state index < -0.39 is 5.97 Å². The molecule has 21 heavy (non-hydrogen) atoms. The fourth-order valence-electron chi connectivity index (χ4n) is 2.02. The minimum Gasteiger partial charge on any atom is -0.457 e. The first kappa shape index (κ1) is 15.4. The molecular formula is C17H15BrO3. The maximum atomic E-state index is 12.3. The zero-order chi connectivity index (χ0) is 15.2. The Morgan fingerprint density at radius 2 is 1.81 bits per heavy atom. The van der Waals surface area contributed by atoms with Crippen molar-refractivity contribution in [1.82, 2.24) is 0 Å². The number of hydrogen-bond donors (Lipinski definition) is 0. The highest BCUT2D eigenvalue weighted by Gasteiger charge is 2.14. The quantitative estimate of drug-likeness (QED) is 0.467. The van der Waals surface area contributed by atoms with Crippen LogP contribution in [0.4, 0.5) is 0 Å². The van der Waals surface area contributed by atoms with Gasteiger partial charge in [0.05, 0.1) is 0 Å². The van der Waals surface area contributed by atoms with Gasteiger partial charge in [0.1, 0.15) is 0 Å². The lowest BCUT2D eigenvalue weighted by Gasteiger charge is -2.11. The van der Waals surface area contributed by atoms with E-state index in [2.05, 4.69) is 15.9 Å². The third kappa shape index (κ3) is 4.02. The third-order valence-corrected chi connectivity index (χ3v) is 3.68. The topological polar surface area (TPSA) is 43.4 Å². The van der Waals surface area contributed by atoms with Crippen LogP contribution in [0.5, 0.6) is 0 Å². The SMILES string of the molecule is CC(=O)OCC(=O)c1cc(CBr)ccc1-c1ccccc1. The Balaban J connectivity index is 2.41. The van der Waals surface area contributed by atoms with E-state index in [1.165, 1.54) is 6.92 Å². The average molecular weight is 347 g/mol. The normalized spacial score (nSPS) is 10.2. The highest BCUT2D eigenvalue weighted by Crippen LogP contribution is 2.26. The maximum Gasteiger partial charge on any atom is 0.303 e. The summed E-state index contributed by atoms with van der Waals surface area (Å²) >= 11 is 3.39. The summed E-state index contributed by atoms with van der Waals surface area (Å²) in [6.45, 7) is 1.06. The van der Waals surface area contributed by atoms with Crippen molar-refractivity contribution >= 4 is 27.7 Å². The molecule has 0 fully saturated rings. The minimum absolute atomic E-state index is 0.202. The second kappa shape index (κ2) is 7.18. The molecule has 0 bridgehead atoms. The number of hydrogen-bond acceptors (Lipinski definition) is 3. The fourth-order valence-corrected chi connectivity index (χ4v) is 2.37.